The van der Waals surface area contributed by atoms with E-state index in [1.54, 1.807) is 24.3 Å². The third-order valence-electron chi connectivity index (χ3n) is 3.08. The van der Waals surface area contributed by atoms with Crippen LogP contribution >= 0.6 is 55.1 Å². The van der Waals surface area contributed by atoms with Gasteiger partial charge in [-0.25, -0.2) is 4.79 Å². The van der Waals surface area contributed by atoms with E-state index in [-0.39, 0.29) is 10.8 Å². The molecule has 2 aromatic carbocycles. The van der Waals surface area contributed by atoms with Crippen LogP contribution in [0.3, 0.4) is 0 Å². The third kappa shape index (κ3) is 5.12. The van der Waals surface area contributed by atoms with Crippen molar-refractivity contribution in [2.45, 2.75) is 19.8 Å². The summed E-state index contributed by atoms with van der Waals surface area (Å²) in [6.45, 7) is 2.73. The molecule has 7 heteroatoms. The SMILES string of the molecule is CCCCOc1ccc(C(=O)Oc2c(Cl)cc(Cl)cc2Br)cc1Br. The van der Waals surface area contributed by atoms with Crippen molar-refractivity contribution in [3.05, 3.63) is 54.9 Å². The van der Waals surface area contributed by atoms with Crippen molar-refractivity contribution < 1.29 is 14.3 Å². The fourth-order valence-electron chi connectivity index (χ4n) is 1.85. The summed E-state index contributed by atoms with van der Waals surface area (Å²) in [6.07, 6.45) is 2.03. The van der Waals surface area contributed by atoms with E-state index < -0.39 is 5.97 Å². The van der Waals surface area contributed by atoms with Gasteiger partial charge in [0.05, 0.1) is 26.1 Å². The van der Waals surface area contributed by atoms with E-state index in [2.05, 4.69) is 38.8 Å². The normalized spacial score (nSPS) is 10.5. The quantitative estimate of drug-likeness (QED) is 0.247. The van der Waals surface area contributed by atoms with Gasteiger partial charge in [-0.15, -0.1) is 0 Å². The number of rotatable bonds is 6. The summed E-state index contributed by atoms with van der Waals surface area (Å²) in [5.41, 5.74) is 0.377. The highest BCUT2D eigenvalue weighted by Gasteiger charge is 2.16. The molecule has 0 radical (unpaired) electrons. The summed E-state index contributed by atoms with van der Waals surface area (Å²) in [5.74, 6) is 0.386. The highest BCUT2D eigenvalue weighted by Crippen LogP contribution is 2.36. The lowest BCUT2D eigenvalue weighted by atomic mass is 10.2. The maximum atomic E-state index is 12.3. The molecule has 2 aromatic rings. The average Bonchev–Trinajstić information content (AvgIpc) is 2.52. The molecular formula is C17H14Br2Cl2O3. The highest BCUT2D eigenvalue weighted by molar-refractivity contribution is 9.11. The van der Waals surface area contributed by atoms with Gasteiger partial charge in [-0.3, -0.25) is 0 Å². The van der Waals surface area contributed by atoms with Crippen molar-refractivity contribution in [1.29, 1.82) is 0 Å². The number of benzene rings is 2. The monoisotopic (exact) mass is 494 g/mol. The molecule has 0 aliphatic rings. The van der Waals surface area contributed by atoms with Crippen LogP contribution in [0.15, 0.2) is 39.3 Å². The molecule has 0 spiro atoms. The van der Waals surface area contributed by atoms with E-state index in [9.17, 15) is 4.79 Å². The molecule has 0 atom stereocenters. The van der Waals surface area contributed by atoms with Crippen LogP contribution in [0, 0.1) is 0 Å². The number of halogens is 4. The van der Waals surface area contributed by atoms with Crippen LogP contribution in [-0.2, 0) is 0 Å². The third-order valence-corrected chi connectivity index (χ3v) is 4.79. The summed E-state index contributed by atoms with van der Waals surface area (Å²) in [6, 6.07) is 8.15. The van der Waals surface area contributed by atoms with Crippen LogP contribution in [0.5, 0.6) is 11.5 Å². The molecule has 0 unspecified atom stereocenters. The van der Waals surface area contributed by atoms with Crippen molar-refractivity contribution in [1.82, 2.24) is 0 Å². The smallest absolute Gasteiger partial charge is 0.343 e. The molecule has 0 amide bonds. The van der Waals surface area contributed by atoms with E-state index in [1.165, 1.54) is 6.07 Å². The highest BCUT2D eigenvalue weighted by atomic mass is 79.9. The maximum absolute atomic E-state index is 12.3. The van der Waals surface area contributed by atoms with E-state index in [0.717, 1.165) is 12.8 Å². The van der Waals surface area contributed by atoms with Gasteiger partial charge < -0.3 is 9.47 Å². The Morgan fingerprint density at radius 1 is 1.12 bits per heavy atom. The number of carbonyl (C=O) groups excluding carboxylic acids is 1. The minimum Gasteiger partial charge on any atom is -0.492 e. The van der Waals surface area contributed by atoms with Crippen LogP contribution < -0.4 is 9.47 Å². The van der Waals surface area contributed by atoms with E-state index in [1.807, 2.05) is 0 Å². The predicted molar refractivity (Wildman–Crippen MR) is 104 cm³/mol. The Morgan fingerprint density at radius 3 is 2.50 bits per heavy atom. The number of esters is 1. The minimum atomic E-state index is -0.527. The Kier molecular flexibility index (Phi) is 7.41. The summed E-state index contributed by atoms with van der Waals surface area (Å²) in [4.78, 5) is 12.3. The Hall–Kier alpha value is -0.750. The molecule has 0 aromatic heterocycles. The molecule has 0 aliphatic carbocycles. The first-order valence-electron chi connectivity index (χ1n) is 7.21. The fourth-order valence-corrected chi connectivity index (χ4v) is 3.66. The van der Waals surface area contributed by atoms with Crippen LogP contribution in [0.1, 0.15) is 30.1 Å². The van der Waals surface area contributed by atoms with Gasteiger partial charge in [0.25, 0.3) is 0 Å². The Labute approximate surface area is 167 Å². The largest absolute Gasteiger partial charge is 0.492 e. The molecule has 128 valence electrons. The Balaban J connectivity index is 2.14. The van der Waals surface area contributed by atoms with Gasteiger partial charge in [-0.05, 0) is 68.6 Å². The zero-order chi connectivity index (χ0) is 17.7. The molecule has 3 nitrogen and oxygen atoms in total. The standard InChI is InChI=1S/C17H14Br2Cl2O3/c1-2-3-6-23-15-5-4-10(7-12(15)18)17(22)24-16-13(19)8-11(20)9-14(16)21/h4-5,7-9H,2-3,6H2,1H3. The number of unbranched alkanes of at least 4 members (excludes halogenated alkanes) is 1. The van der Waals surface area contributed by atoms with Gasteiger partial charge in [0.15, 0.2) is 5.75 Å². The van der Waals surface area contributed by atoms with E-state index in [4.69, 9.17) is 32.7 Å². The van der Waals surface area contributed by atoms with Crippen molar-refractivity contribution >= 4 is 61.0 Å². The number of ether oxygens (including phenoxy) is 2. The predicted octanol–water partition coefficient (Wildman–Crippen LogP) is 6.92. The summed E-state index contributed by atoms with van der Waals surface area (Å²) < 4.78 is 12.2. The molecule has 2 rings (SSSR count). The molecular weight excluding hydrogens is 483 g/mol. The lowest BCUT2D eigenvalue weighted by Gasteiger charge is -2.11. The van der Waals surface area contributed by atoms with E-state index in [0.29, 0.717) is 31.9 Å². The minimum absolute atomic E-state index is 0.227. The van der Waals surface area contributed by atoms with Gasteiger partial charge >= 0.3 is 5.97 Å². The molecule has 0 saturated carbocycles. The van der Waals surface area contributed by atoms with Crippen LogP contribution in [0.25, 0.3) is 0 Å². The van der Waals surface area contributed by atoms with Crippen LogP contribution in [0.4, 0.5) is 0 Å². The summed E-state index contributed by atoms with van der Waals surface area (Å²) >= 11 is 18.7. The second kappa shape index (κ2) is 9.09. The lowest BCUT2D eigenvalue weighted by Crippen LogP contribution is -2.09. The van der Waals surface area contributed by atoms with Gasteiger partial charge in [-0.2, -0.15) is 0 Å². The lowest BCUT2D eigenvalue weighted by molar-refractivity contribution is 0.0733. The first kappa shape index (κ1) is 19.6. The van der Waals surface area contributed by atoms with E-state index >= 15 is 0 Å². The molecule has 24 heavy (non-hydrogen) atoms. The second-order valence-corrected chi connectivity index (χ2v) is 7.49. The summed E-state index contributed by atoms with van der Waals surface area (Å²) in [7, 11) is 0. The van der Waals surface area contributed by atoms with Crippen LogP contribution in [-0.4, -0.2) is 12.6 Å². The molecule has 0 saturated heterocycles. The van der Waals surface area contributed by atoms with Gasteiger partial charge in [-0.1, -0.05) is 36.5 Å². The molecule has 0 N–H and O–H groups in total. The molecule has 0 bridgehead atoms. The van der Waals surface area contributed by atoms with Crippen molar-refractivity contribution in [2.75, 3.05) is 6.61 Å². The number of hydrogen-bond donors (Lipinski definition) is 0. The number of carbonyl (C=O) groups is 1. The molecule has 0 heterocycles. The Morgan fingerprint density at radius 2 is 1.88 bits per heavy atom. The summed E-state index contributed by atoms with van der Waals surface area (Å²) in [5, 5.41) is 0.698. The van der Waals surface area contributed by atoms with Gasteiger partial charge in [0.1, 0.15) is 5.75 Å². The first-order chi connectivity index (χ1) is 11.4. The van der Waals surface area contributed by atoms with Crippen molar-refractivity contribution in [3.63, 3.8) is 0 Å². The molecule has 0 aliphatic heterocycles. The van der Waals surface area contributed by atoms with Crippen molar-refractivity contribution in [3.8, 4) is 11.5 Å². The zero-order valence-electron chi connectivity index (χ0n) is 12.7. The number of hydrogen-bond acceptors (Lipinski definition) is 3. The van der Waals surface area contributed by atoms with Gasteiger partial charge in [0.2, 0.25) is 0 Å². The second-order valence-electron chi connectivity index (χ2n) is 4.94. The fraction of sp³-hybridized carbons (Fsp3) is 0.235. The van der Waals surface area contributed by atoms with Crippen LogP contribution in [0.2, 0.25) is 10.0 Å². The van der Waals surface area contributed by atoms with Gasteiger partial charge in [0, 0.05) is 5.02 Å². The average molecular weight is 497 g/mol. The van der Waals surface area contributed by atoms with Crippen molar-refractivity contribution in [2.24, 2.45) is 0 Å². The molecule has 0 fully saturated rings. The maximum Gasteiger partial charge on any atom is 0.343 e. The topological polar surface area (TPSA) is 35.5 Å². The zero-order valence-corrected chi connectivity index (χ0v) is 17.4. The Bertz CT molecular complexity index is 728. The first-order valence-corrected chi connectivity index (χ1v) is 9.55.